The van der Waals surface area contributed by atoms with Crippen molar-refractivity contribution in [3.63, 3.8) is 0 Å². The van der Waals surface area contributed by atoms with Crippen LogP contribution in [-0.4, -0.2) is 63.2 Å². The minimum Gasteiger partial charge on any atom is -0.481 e. The first kappa shape index (κ1) is 23.6. The van der Waals surface area contributed by atoms with E-state index in [0.717, 1.165) is 0 Å². The van der Waals surface area contributed by atoms with Crippen LogP contribution in [0.1, 0.15) is 24.8 Å². The molecule has 0 radical (unpaired) electrons. The molecule has 11 heteroatoms. The summed E-state index contributed by atoms with van der Waals surface area (Å²) in [5, 5.41) is 31.2. The van der Waals surface area contributed by atoms with Crippen LogP contribution >= 0.6 is 0 Å². The molecule has 0 spiro atoms. The summed E-state index contributed by atoms with van der Waals surface area (Å²) in [6.45, 7) is 0. The second-order valence-corrected chi connectivity index (χ2v) is 6.29. The van der Waals surface area contributed by atoms with Gasteiger partial charge >= 0.3 is 17.9 Å². The molecule has 29 heavy (non-hydrogen) atoms. The van der Waals surface area contributed by atoms with Crippen molar-refractivity contribution in [3.05, 3.63) is 35.9 Å². The molecule has 0 heterocycles. The Morgan fingerprint density at radius 2 is 1.45 bits per heavy atom. The highest BCUT2D eigenvalue weighted by atomic mass is 16.4. The third kappa shape index (κ3) is 8.84. The number of amides is 2. The van der Waals surface area contributed by atoms with Gasteiger partial charge in [-0.2, -0.15) is 0 Å². The standard InChI is InChI=1S/C18H23N3O8/c19-11(9-15(24)25)16(26)21-13(8-10-4-2-1-3-5-10)17(27)20-12(18(28)29)6-7-14(22)23/h1-5,11-13H,6-9,19H2,(H,20,27)(H,21,26)(H,22,23)(H,24,25)(H,28,29)/t11-,12-,13-/m0/s1. The predicted molar refractivity (Wildman–Crippen MR) is 98.7 cm³/mol. The van der Waals surface area contributed by atoms with Crippen LogP contribution in [-0.2, 0) is 30.4 Å². The SMILES string of the molecule is N[C@@H](CC(=O)O)C(=O)N[C@@H](Cc1ccccc1)C(=O)N[C@@H](CCC(=O)O)C(=O)O. The summed E-state index contributed by atoms with van der Waals surface area (Å²) < 4.78 is 0. The van der Waals surface area contributed by atoms with E-state index >= 15 is 0 Å². The van der Waals surface area contributed by atoms with Gasteiger partial charge in [-0.1, -0.05) is 30.3 Å². The van der Waals surface area contributed by atoms with E-state index in [-0.39, 0.29) is 12.8 Å². The molecular weight excluding hydrogens is 386 g/mol. The Balaban J connectivity index is 2.94. The molecule has 2 amide bonds. The van der Waals surface area contributed by atoms with Crippen LogP contribution < -0.4 is 16.4 Å². The number of carbonyl (C=O) groups excluding carboxylic acids is 2. The molecule has 0 aliphatic heterocycles. The molecule has 3 atom stereocenters. The number of hydrogen-bond acceptors (Lipinski definition) is 6. The van der Waals surface area contributed by atoms with E-state index in [4.69, 9.17) is 15.9 Å². The molecular formula is C18H23N3O8. The molecule has 0 aromatic heterocycles. The van der Waals surface area contributed by atoms with Gasteiger partial charge in [0, 0.05) is 12.8 Å². The third-order valence-electron chi connectivity index (χ3n) is 3.91. The van der Waals surface area contributed by atoms with Gasteiger partial charge in [-0.15, -0.1) is 0 Å². The Kier molecular flexibility index (Phi) is 9.26. The maximum Gasteiger partial charge on any atom is 0.326 e. The van der Waals surface area contributed by atoms with E-state index < -0.39 is 60.7 Å². The van der Waals surface area contributed by atoms with E-state index in [1.807, 2.05) is 0 Å². The average molecular weight is 409 g/mol. The number of rotatable bonds is 12. The molecule has 7 N–H and O–H groups in total. The van der Waals surface area contributed by atoms with Crippen molar-refractivity contribution in [2.24, 2.45) is 5.73 Å². The number of aliphatic carboxylic acids is 3. The summed E-state index contributed by atoms with van der Waals surface area (Å²) in [6.07, 6.45) is -1.48. The van der Waals surface area contributed by atoms with Gasteiger partial charge in [-0.25, -0.2) is 4.79 Å². The Hall–Kier alpha value is -3.47. The number of benzene rings is 1. The Morgan fingerprint density at radius 3 is 1.97 bits per heavy atom. The normalized spacial score (nSPS) is 13.6. The summed E-state index contributed by atoms with van der Waals surface area (Å²) in [5.74, 6) is -5.69. The van der Waals surface area contributed by atoms with Crippen molar-refractivity contribution in [2.75, 3.05) is 0 Å². The van der Waals surface area contributed by atoms with Crippen LogP contribution in [0.15, 0.2) is 30.3 Å². The second-order valence-electron chi connectivity index (χ2n) is 6.29. The maximum atomic E-state index is 12.6. The van der Waals surface area contributed by atoms with Crippen molar-refractivity contribution in [1.29, 1.82) is 0 Å². The number of carboxylic acids is 3. The van der Waals surface area contributed by atoms with Crippen LogP contribution in [0.25, 0.3) is 0 Å². The first-order valence-corrected chi connectivity index (χ1v) is 8.66. The van der Waals surface area contributed by atoms with E-state index in [9.17, 15) is 29.1 Å². The zero-order valence-electron chi connectivity index (χ0n) is 15.4. The number of carboxylic acid groups (broad SMARTS) is 3. The van der Waals surface area contributed by atoms with Gasteiger partial charge in [0.1, 0.15) is 12.1 Å². The summed E-state index contributed by atoms with van der Waals surface area (Å²) >= 11 is 0. The molecule has 0 bridgehead atoms. The number of hydrogen-bond donors (Lipinski definition) is 6. The van der Waals surface area contributed by atoms with Crippen LogP contribution in [0.5, 0.6) is 0 Å². The lowest BCUT2D eigenvalue weighted by atomic mass is 10.0. The molecule has 0 saturated heterocycles. The molecule has 0 aliphatic carbocycles. The van der Waals surface area contributed by atoms with E-state index in [1.54, 1.807) is 30.3 Å². The van der Waals surface area contributed by atoms with Crippen molar-refractivity contribution >= 4 is 29.7 Å². The summed E-state index contributed by atoms with van der Waals surface area (Å²) in [4.78, 5) is 57.4. The fourth-order valence-corrected chi connectivity index (χ4v) is 2.42. The van der Waals surface area contributed by atoms with Gasteiger partial charge in [-0.05, 0) is 12.0 Å². The van der Waals surface area contributed by atoms with Crippen LogP contribution in [0.4, 0.5) is 0 Å². The fourth-order valence-electron chi connectivity index (χ4n) is 2.42. The molecule has 0 aliphatic rings. The first-order chi connectivity index (χ1) is 13.6. The minimum atomic E-state index is -1.47. The predicted octanol–water partition coefficient (Wildman–Crippen LogP) is -1.05. The van der Waals surface area contributed by atoms with Gasteiger partial charge in [0.05, 0.1) is 12.5 Å². The van der Waals surface area contributed by atoms with Crippen LogP contribution in [0, 0.1) is 0 Å². The maximum absolute atomic E-state index is 12.6. The molecule has 158 valence electrons. The zero-order chi connectivity index (χ0) is 22.0. The largest absolute Gasteiger partial charge is 0.481 e. The van der Waals surface area contributed by atoms with Crippen LogP contribution in [0.2, 0.25) is 0 Å². The van der Waals surface area contributed by atoms with Gasteiger partial charge in [0.25, 0.3) is 0 Å². The van der Waals surface area contributed by atoms with Crippen molar-refractivity contribution in [1.82, 2.24) is 10.6 Å². The fraction of sp³-hybridized carbons (Fsp3) is 0.389. The average Bonchev–Trinajstić information content (AvgIpc) is 2.64. The smallest absolute Gasteiger partial charge is 0.326 e. The second kappa shape index (κ2) is 11.4. The molecule has 0 saturated carbocycles. The minimum absolute atomic E-state index is 0.0104. The highest BCUT2D eigenvalue weighted by Gasteiger charge is 2.29. The molecule has 0 unspecified atom stereocenters. The van der Waals surface area contributed by atoms with Crippen molar-refractivity contribution < 1.29 is 39.3 Å². The number of carbonyl (C=O) groups is 5. The summed E-state index contributed by atoms with van der Waals surface area (Å²) in [5.41, 5.74) is 6.16. The van der Waals surface area contributed by atoms with E-state index in [0.29, 0.717) is 5.56 Å². The van der Waals surface area contributed by atoms with Gasteiger partial charge in [-0.3, -0.25) is 19.2 Å². The Morgan fingerprint density at radius 1 is 0.862 bits per heavy atom. The number of nitrogens with one attached hydrogen (secondary N) is 2. The molecule has 0 fully saturated rings. The topological polar surface area (TPSA) is 196 Å². The molecule has 11 nitrogen and oxygen atoms in total. The highest BCUT2D eigenvalue weighted by molar-refractivity contribution is 5.93. The summed E-state index contributed by atoms with van der Waals surface area (Å²) in [6, 6.07) is 4.40. The van der Waals surface area contributed by atoms with Gasteiger partial charge in [0.15, 0.2) is 0 Å². The lowest BCUT2D eigenvalue weighted by Gasteiger charge is -2.22. The highest BCUT2D eigenvalue weighted by Crippen LogP contribution is 2.06. The Labute approximate surface area is 165 Å². The van der Waals surface area contributed by atoms with Crippen LogP contribution in [0.3, 0.4) is 0 Å². The molecule has 1 aromatic rings. The molecule has 1 aromatic carbocycles. The Bertz CT molecular complexity index is 753. The van der Waals surface area contributed by atoms with Gasteiger partial charge in [0.2, 0.25) is 11.8 Å². The quantitative estimate of drug-likeness (QED) is 0.249. The summed E-state index contributed by atoms with van der Waals surface area (Å²) in [7, 11) is 0. The monoisotopic (exact) mass is 409 g/mol. The van der Waals surface area contributed by atoms with E-state index in [2.05, 4.69) is 10.6 Å². The van der Waals surface area contributed by atoms with Crippen molar-refractivity contribution in [3.8, 4) is 0 Å². The molecule has 1 rings (SSSR count). The zero-order valence-corrected chi connectivity index (χ0v) is 15.4. The van der Waals surface area contributed by atoms with Gasteiger partial charge < -0.3 is 31.7 Å². The number of nitrogens with two attached hydrogens (primary N) is 1. The van der Waals surface area contributed by atoms with Crippen molar-refractivity contribution in [2.45, 2.75) is 43.8 Å². The van der Waals surface area contributed by atoms with E-state index in [1.165, 1.54) is 0 Å². The first-order valence-electron chi connectivity index (χ1n) is 8.66. The lowest BCUT2D eigenvalue weighted by Crippen LogP contribution is -2.55. The lowest BCUT2D eigenvalue weighted by molar-refractivity contribution is -0.143. The third-order valence-corrected chi connectivity index (χ3v) is 3.91.